The number of nitrogens with zero attached hydrogens (tertiary/aromatic N) is 1. The zero-order valence-electron chi connectivity index (χ0n) is 10.3. The van der Waals surface area contributed by atoms with E-state index in [-0.39, 0.29) is 5.91 Å². The van der Waals surface area contributed by atoms with E-state index in [1.54, 1.807) is 7.11 Å². The Labute approximate surface area is 102 Å². The molecule has 0 bridgehead atoms. The third-order valence-electron chi connectivity index (χ3n) is 2.34. The number of ether oxygens (including phenoxy) is 1. The lowest BCUT2D eigenvalue weighted by Crippen LogP contribution is -2.36. The number of hydrogen-bond acceptors (Lipinski definition) is 4. The predicted octanol–water partition coefficient (Wildman–Crippen LogP) is 0.468. The van der Waals surface area contributed by atoms with Gasteiger partial charge in [-0.25, -0.2) is 0 Å². The van der Waals surface area contributed by atoms with Gasteiger partial charge in [0.15, 0.2) is 0 Å². The lowest BCUT2D eigenvalue weighted by atomic mass is 10.2. The minimum absolute atomic E-state index is 0.0265. The van der Waals surface area contributed by atoms with Gasteiger partial charge in [-0.3, -0.25) is 4.79 Å². The highest BCUT2D eigenvalue weighted by molar-refractivity contribution is 5.81. The van der Waals surface area contributed by atoms with Crippen molar-refractivity contribution in [3.05, 3.63) is 24.3 Å². The Hall–Kier alpha value is -1.75. The summed E-state index contributed by atoms with van der Waals surface area (Å²) in [7, 11) is 3.47. The molecule has 0 aliphatic rings. The highest BCUT2D eigenvalue weighted by atomic mass is 16.5. The van der Waals surface area contributed by atoms with Gasteiger partial charge < -0.3 is 20.7 Å². The summed E-state index contributed by atoms with van der Waals surface area (Å²) in [6.07, 6.45) is 0. The van der Waals surface area contributed by atoms with Crippen LogP contribution in [0.3, 0.4) is 0 Å². The third kappa shape index (κ3) is 4.74. The Morgan fingerprint density at radius 3 is 2.65 bits per heavy atom. The summed E-state index contributed by atoms with van der Waals surface area (Å²) in [5.41, 5.74) is 7.27. The SMILES string of the molecule is COCCNC(=O)CN(C)c1ccc(N)cc1. The molecule has 0 saturated carbocycles. The molecular formula is C12H19N3O2. The van der Waals surface area contributed by atoms with E-state index >= 15 is 0 Å². The normalized spacial score (nSPS) is 10.0. The number of carbonyl (C=O) groups is 1. The summed E-state index contributed by atoms with van der Waals surface area (Å²) in [5, 5.41) is 2.77. The first-order valence-electron chi connectivity index (χ1n) is 5.46. The lowest BCUT2D eigenvalue weighted by Gasteiger charge is -2.18. The van der Waals surface area contributed by atoms with Crippen LogP contribution in [-0.2, 0) is 9.53 Å². The second-order valence-corrected chi connectivity index (χ2v) is 3.79. The number of hydrogen-bond donors (Lipinski definition) is 2. The summed E-state index contributed by atoms with van der Waals surface area (Å²) in [6.45, 7) is 1.37. The van der Waals surface area contributed by atoms with Crippen molar-refractivity contribution < 1.29 is 9.53 Å². The molecule has 0 spiro atoms. The van der Waals surface area contributed by atoms with Gasteiger partial charge >= 0.3 is 0 Å². The Balaban J connectivity index is 2.40. The van der Waals surface area contributed by atoms with E-state index < -0.39 is 0 Å². The predicted molar refractivity (Wildman–Crippen MR) is 69.0 cm³/mol. The van der Waals surface area contributed by atoms with Gasteiger partial charge in [0.2, 0.25) is 5.91 Å². The summed E-state index contributed by atoms with van der Waals surface area (Å²) in [6, 6.07) is 7.40. The van der Waals surface area contributed by atoms with Crippen LogP contribution in [-0.4, -0.2) is 39.8 Å². The van der Waals surface area contributed by atoms with Crippen LogP contribution in [0.25, 0.3) is 0 Å². The molecule has 0 radical (unpaired) electrons. The van der Waals surface area contributed by atoms with Crippen molar-refractivity contribution in [2.45, 2.75) is 0 Å². The summed E-state index contributed by atoms with van der Waals surface area (Å²) < 4.78 is 4.85. The monoisotopic (exact) mass is 237 g/mol. The number of methoxy groups -OCH3 is 1. The van der Waals surface area contributed by atoms with E-state index in [1.807, 2.05) is 36.2 Å². The topological polar surface area (TPSA) is 67.6 Å². The number of amides is 1. The average Bonchev–Trinajstić information content (AvgIpc) is 2.30. The number of rotatable bonds is 6. The molecule has 17 heavy (non-hydrogen) atoms. The minimum Gasteiger partial charge on any atom is -0.399 e. The zero-order chi connectivity index (χ0) is 12.7. The van der Waals surface area contributed by atoms with Crippen LogP contribution in [0.2, 0.25) is 0 Å². The maximum Gasteiger partial charge on any atom is 0.239 e. The van der Waals surface area contributed by atoms with Crippen LogP contribution in [0.15, 0.2) is 24.3 Å². The molecule has 5 heteroatoms. The molecule has 1 amide bonds. The van der Waals surface area contributed by atoms with E-state index in [2.05, 4.69) is 5.32 Å². The first-order valence-corrected chi connectivity index (χ1v) is 5.46. The van der Waals surface area contributed by atoms with Crippen LogP contribution in [0.1, 0.15) is 0 Å². The molecule has 0 atom stereocenters. The van der Waals surface area contributed by atoms with Gasteiger partial charge in [0.1, 0.15) is 0 Å². The van der Waals surface area contributed by atoms with Gasteiger partial charge in [-0.1, -0.05) is 0 Å². The first kappa shape index (κ1) is 13.3. The number of nitrogen functional groups attached to an aromatic ring is 1. The molecule has 0 aliphatic carbocycles. The lowest BCUT2D eigenvalue weighted by molar-refractivity contribution is -0.119. The molecule has 94 valence electrons. The molecule has 0 aliphatic heterocycles. The van der Waals surface area contributed by atoms with Gasteiger partial charge in [-0.05, 0) is 24.3 Å². The van der Waals surface area contributed by atoms with Gasteiger partial charge in [-0.15, -0.1) is 0 Å². The standard InChI is InChI=1S/C12H19N3O2/c1-15(9-12(16)14-7-8-17-2)11-5-3-10(13)4-6-11/h3-6H,7-9,13H2,1-2H3,(H,14,16). The highest BCUT2D eigenvalue weighted by Crippen LogP contribution is 2.14. The fourth-order valence-corrected chi connectivity index (χ4v) is 1.38. The van der Waals surface area contributed by atoms with Crippen LogP contribution >= 0.6 is 0 Å². The summed E-state index contributed by atoms with van der Waals surface area (Å²) >= 11 is 0. The van der Waals surface area contributed by atoms with Crippen molar-refractivity contribution in [1.29, 1.82) is 0 Å². The molecule has 0 saturated heterocycles. The molecular weight excluding hydrogens is 218 g/mol. The molecule has 3 N–H and O–H groups in total. The van der Waals surface area contributed by atoms with Gasteiger partial charge in [0, 0.05) is 32.1 Å². The Bertz CT molecular complexity index is 351. The Morgan fingerprint density at radius 2 is 2.06 bits per heavy atom. The highest BCUT2D eigenvalue weighted by Gasteiger charge is 2.06. The van der Waals surface area contributed by atoms with Crippen molar-refractivity contribution in [1.82, 2.24) is 5.32 Å². The number of anilines is 2. The van der Waals surface area contributed by atoms with Crippen molar-refractivity contribution in [2.75, 3.05) is 44.5 Å². The molecule has 1 aromatic rings. The molecule has 1 rings (SSSR count). The van der Waals surface area contributed by atoms with Crippen LogP contribution < -0.4 is 16.0 Å². The van der Waals surface area contributed by atoms with E-state index in [4.69, 9.17) is 10.5 Å². The van der Waals surface area contributed by atoms with Crippen molar-refractivity contribution in [3.8, 4) is 0 Å². The molecule has 0 unspecified atom stereocenters. The zero-order valence-corrected chi connectivity index (χ0v) is 10.3. The second-order valence-electron chi connectivity index (χ2n) is 3.79. The van der Waals surface area contributed by atoms with Crippen molar-refractivity contribution in [3.63, 3.8) is 0 Å². The maximum atomic E-state index is 11.5. The fraction of sp³-hybridized carbons (Fsp3) is 0.417. The number of nitrogens with one attached hydrogen (secondary N) is 1. The molecule has 0 heterocycles. The molecule has 1 aromatic carbocycles. The Morgan fingerprint density at radius 1 is 1.41 bits per heavy atom. The minimum atomic E-state index is -0.0265. The smallest absolute Gasteiger partial charge is 0.239 e. The van der Waals surface area contributed by atoms with Gasteiger partial charge in [0.05, 0.1) is 13.2 Å². The van der Waals surface area contributed by atoms with E-state index in [0.29, 0.717) is 25.4 Å². The number of benzene rings is 1. The largest absolute Gasteiger partial charge is 0.399 e. The van der Waals surface area contributed by atoms with Crippen LogP contribution in [0.4, 0.5) is 11.4 Å². The summed E-state index contributed by atoms with van der Waals surface area (Å²) in [4.78, 5) is 13.4. The molecule has 0 fully saturated rings. The average molecular weight is 237 g/mol. The Kier molecular flexibility index (Phi) is 5.29. The summed E-state index contributed by atoms with van der Waals surface area (Å²) in [5.74, 6) is -0.0265. The first-order chi connectivity index (χ1) is 8.13. The maximum absolute atomic E-state index is 11.5. The van der Waals surface area contributed by atoms with Gasteiger partial charge in [-0.2, -0.15) is 0 Å². The fourth-order valence-electron chi connectivity index (χ4n) is 1.38. The van der Waals surface area contributed by atoms with E-state index in [9.17, 15) is 4.79 Å². The van der Waals surface area contributed by atoms with Crippen molar-refractivity contribution >= 4 is 17.3 Å². The quantitative estimate of drug-likeness (QED) is 0.557. The number of nitrogens with two attached hydrogens (primary N) is 1. The van der Waals surface area contributed by atoms with E-state index in [1.165, 1.54) is 0 Å². The van der Waals surface area contributed by atoms with E-state index in [0.717, 1.165) is 5.69 Å². The third-order valence-corrected chi connectivity index (χ3v) is 2.34. The number of likely N-dealkylation sites (N-methyl/N-ethyl adjacent to an activating group) is 1. The number of carbonyl (C=O) groups excluding carboxylic acids is 1. The van der Waals surface area contributed by atoms with Crippen molar-refractivity contribution in [2.24, 2.45) is 0 Å². The van der Waals surface area contributed by atoms with Gasteiger partial charge in [0.25, 0.3) is 0 Å². The second kappa shape index (κ2) is 6.75. The van der Waals surface area contributed by atoms with Crippen LogP contribution in [0.5, 0.6) is 0 Å². The molecule has 0 aromatic heterocycles. The van der Waals surface area contributed by atoms with Crippen LogP contribution in [0, 0.1) is 0 Å². The molecule has 5 nitrogen and oxygen atoms in total.